The first-order valence-electron chi connectivity index (χ1n) is 6.51. The molecule has 1 saturated carbocycles. The summed E-state index contributed by atoms with van der Waals surface area (Å²) >= 11 is 14.0. The van der Waals surface area contributed by atoms with Crippen LogP contribution < -0.4 is 10.0 Å². The highest BCUT2D eigenvalue weighted by molar-refractivity contribution is 8.00. The summed E-state index contributed by atoms with van der Waals surface area (Å²) in [5.74, 6) is 0. The molecule has 4 nitrogen and oxygen atoms in total. The van der Waals surface area contributed by atoms with Gasteiger partial charge in [0.15, 0.2) is 0 Å². The quantitative estimate of drug-likeness (QED) is 0.776. The Balaban J connectivity index is 2.25. The number of benzene rings is 1. The lowest BCUT2D eigenvalue weighted by Gasteiger charge is -2.16. The normalized spacial score (nSPS) is 17.0. The number of nitrogens with one attached hydrogen (secondary N) is 2. The molecule has 0 radical (unpaired) electrons. The molecule has 0 unspecified atom stereocenters. The predicted molar refractivity (Wildman–Crippen MR) is 89.9 cm³/mol. The Morgan fingerprint density at radius 3 is 2.52 bits per heavy atom. The van der Waals surface area contributed by atoms with Crippen LogP contribution in [-0.2, 0) is 16.6 Å². The molecule has 0 aromatic heterocycles. The number of halogens is 2. The fourth-order valence-electron chi connectivity index (χ4n) is 2.02. The number of thioether (sulfide) groups is 1. The van der Waals surface area contributed by atoms with Gasteiger partial charge in [-0.2, -0.15) is 11.8 Å². The van der Waals surface area contributed by atoms with Gasteiger partial charge in [0, 0.05) is 28.4 Å². The van der Waals surface area contributed by atoms with Crippen LogP contribution in [0.15, 0.2) is 17.0 Å². The minimum Gasteiger partial charge on any atom is -0.316 e. The van der Waals surface area contributed by atoms with Crippen LogP contribution in [0.4, 0.5) is 0 Å². The summed E-state index contributed by atoms with van der Waals surface area (Å²) in [5, 5.41) is 3.57. The number of sulfonamides is 1. The molecular formula is C13H18Cl2N2O2S2. The van der Waals surface area contributed by atoms with Crippen molar-refractivity contribution < 1.29 is 8.42 Å². The molecule has 0 aliphatic heterocycles. The van der Waals surface area contributed by atoms with Crippen molar-refractivity contribution in [2.75, 3.05) is 19.8 Å². The van der Waals surface area contributed by atoms with E-state index in [1.54, 1.807) is 24.9 Å². The van der Waals surface area contributed by atoms with Gasteiger partial charge in [-0.1, -0.05) is 23.2 Å². The van der Waals surface area contributed by atoms with Crippen LogP contribution in [0.5, 0.6) is 0 Å². The van der Waals surface area contributed by atoms with E-state index in [9.17, 15) is 8.42 Å². The second-order valence-corrected chi connectivity index (χ2v) is 8.87. The largest absolute Gasteiger partial charge is 0.316 e. The lowest BCUT2D eigenvalue weighted by atomic mass is 10.2. The van der Waals surface area contributed by atoms with E-state index in [4.69, 9.17) is 23.2 Å². The Bertz CT molecular complexity index is 631. The van der Waals surface area contributed by atoms with Gasteiger partial charge in [0.25, 0.3) is 0 Å². The Kier molecular flexibility index (Phi) is 5.50. The molecule has 0 amide bonds. The summed E-state index contributed by atoms with van der Waals surface area (Å²) < 4.78 is 27.6. The Hall–Kier alpha value is 0.0200. The van der Waals surface area contributed by atoms with Gasteiger partial charge in [0.1, 0.15) is 4.90 Å². The fourth-order valence-corrected chi connectivity index (χ4v) is 4.87. The Morgan fingerprint density at radius 1 is 1.33 bits per heavy atom. The molecule has 1 fully saturated rings. The maximum atomic E-state index is 12.4. The number of rotatable bonds is 7. The van der Waals surface area contributed by atoms with Gasteiger partial charge in [-0.25, -0.2) is 13.1 Å². The molecule has 0 atom stereocenters. The van der Waals surface area contributed by atoms with Gasteiger partial charge in [-0.15, -0.1) is 0 Å². The van der Waals surface area contributed by atoms with E-state index in [1.165, 1.54) is 6.07 Å². The topological polar surface area (TPSA) is 58.2 Å². The van der Waals surface area contributed by atoms with Crippen LogP contribution >= 0.6 is 35.0 Å². The van der Waals surface area contributed by atoms with Crippen LogP contribution in [0.3, 0.4) is 0 Å². The third-order valence-electron chi connectivity index (χ3n) is 3.62. The molecule has 2 rings (SSSR count). The highest BCUT2D eigenvalue weighted by atomic mass is 35.5. The van der Waals surface area contributed by atoms with Crippen LogP contribution in [0.2, 0.25) is 10.0 Å². The standard InChI is InChI=1S/C13H18Cl2N2O2S2/c1-16-7-9-10(14)3-4-11(12(9)15)21(18,19)17-8-13(20-2)5-6-13/h3-4,16-17H,5-8H2,1-2H3. The van der Waals surface area contributed by atoms with E-state index < -0.39 is 10.0 Å². The SMILES string of the molecule is CNCc1c(Cl)ccc(S(=O)(=O)NCC2(SC)CC2)c1Cl. The Labute approximate surface area is 140 Å². The smallest absolute Gasteiger partial charge is 0.242 e. The second kappa shape index (κ2) is 6.64. The minimum atomic E-state index is -3.63. The maximum absolute atomic E-state index is 12.4. The van der Waals surface area contributed by atoms with Crippen molar-refractivity contribution in [3.05, 3.63) is 27.7 Å². The van der Waals surface area contributed by atoms with E-state index in [2.05, 4.69) is 10.0 Å². The van der Waals surface area contributed by atoms with E-state index in [0.717, 1.165) is 12.8 Å². The molecule has 118 valence electrons. The molecule has 2 N–H and O–H groups in total. The minimum absolute atomic E-state index is 0.0553. The lowest BCUT2D eigenvalue weighted by Crippen LogP contribution is -2.32. The van der Waals surface area contributed by atoms with Crippen molar-refractivity contribution in [3.8, 4) is 0 Å². The summed E-state index contributed by atoms with van der Waals surface area (Å²) in [6.45, 7) is 0.840. The van der Waals surface area contributed by atoms with Gasteiger partial charge in [-0.3, -0.25) is 0 Å². The molecule has 21 heavy (non-hydrogen) atoms. The second-order valence-electron chi connectivity index (χ2n) is 5.08. The van der Waals surface area contributed by atoms with Crippen molar-refractivity contribution in [1.82, 2.24) is 10.0 Å². The van der Waals surface area contributed by atoms with Crippen molar-refractivity contribution in [2.45, 2.75) is 29.0 Å². The Morgan fingerprint density at radius 2 is 2.00 bits per heavy atom. The zero-order valence-electron chi connectivity index (χ0n) is 11.9. The number of hydrogen-bond donors (Lipinski definition) is 2. The van der Waals surface area contributed by atoms with Gasteiger partial charge in [-0.05, 0) is 38.3 Å². The third kappa shape index (κ3) is 3.86. The first kappa shape index (κ1) is 17.4. The fraction of sp³-hybridized carbons (Fsp3) is 0.538. The van der Waals surface area contributed by atoms with Crippen LogP contribution in [-0.4, -0.2) is 33.0 Å². The van der Waals surface area contributed by atoms with Gasteiger partial charge in [0.2, 0.25) is 10.0 Å². The van der Waals surface area contributed by atoms with Gasteiger partial charge in [0.05, 0.1) is 5.02 Å². The van der Waals surface area contributed by atoms with E-state index >= 15 is 0 Å². The molecule has 0 saturated heterocycles. The summed E-state index contributed by atoms with van der Waals surface area (Å²) in [6, 6.07) is 3.01. The van der Waals surface area contributed by atoms with Crippen LogP contribution in [0, 0.1) is 0 Å². The highest BCUT2D eigenvalue weighted by Crippen LogP contribution is 2.46. The molecular weight excluding hydrogens is 351 g/mol. The van der Waals surface area contributed by atoms with Crippen molar-refractivity contribution >= 4 is 45.0 Å². The zero-order valence-corrected chi connectivity index (χ0v) is 15.0. The molecule has 0 spiro atoms. The maximum Gasteiger partial charge on any atom is 0.242 e. The van der Waals surface area contributed by atoms with E-state index in [-0.39, 0.29) is 14.7 Å². The van der Waals surface area contributed by atoms with Crippen molar-refractivity contribution in [3.63, 3.8) is 0 Å². The van der Waals surface area contributed by atoms with Crippen LogP contribution in [0.25, 0.3) is 0 Å². The number of hydrogen-bond acceptors (Lipinski definition) is 4. The van der Waals surface area contributed by atoms with Gasteiger partial charge >= 0.3 is 0 Å². The van der Waals surface area contributed by atoms with Crippen molar-refractivity contribution in [1.29, 1.82) is 0 Å². The third-order valence-corrected chi connectivity index (χ3v) is 7.38. The molecule has 0 bridgehead atoms. The average Bonchev–Trinajstić information content (AvgIpc) is 3.22. The summed E-state index contributed by atoms with van der Waals surface area (Å²) in [5.41, 5.74) is 0.592. The average molecular weight is 369 g/mol. The molecule has 0 heterocycles. The van der Waals surface area contributed by atoms with E-state index in [1.807, 2.05) is 6.26 Å². The van der Waals surface area contributed by atoms with Crippen LogP contribution in [0.1, 0.15) is 18.4 Å². The lowest BCUT2D eigenvalue weighted by molar-refractivity contribution is 0.579. The molecule has 1 aliphatic rings. The van der Waals surface area contributed by atoms with E-state index in [0.29, 0.717) is 23.7 Å². The first-order valence-corrected chi connectivity index (χ1v) is 9.98. The highest BCUT2D eigenvalue weighted by Gasteiger charge is 2.42. The molecule has 1 aliphatic carbocycles. The first-order chi connectivity index (χ1) is 9.85. The van der Waals surface area contributed by atoms with Crippen molar-refractivity contribution in [2.24, 2.45) is 0 Å². The molecule has 1 aromatic carbocycles. The monoisotopic (exact) mass is 368 g/mol. The zero-order chi connectivity index (χ0) is 15.7. The molecule has 1 aromatic rings. The summed E-state index contributed by atoms with van der Waals surface area (Å²) in [6.07, 6.45) is 4.08. The predicted octanol–water partition coefficient (Wildman–Crippen LogP) is 2.89. The summed E-state index contributed by atoms with van der Waals surface area (Å²) in [7, 11) is -1.88. The molecule has 8 heteroatoms. The summed E-state index contributed by atoms with van der Waals surface area (Å²) in [4.78, 5) is 0.0794. The van der Waals surface area contributed by atoms with Gasteiger partial charge < -0.3 is 5.32 Å².